The fourth-order valence-corrected chi connectivity index (χ4v) is 1.26. The second-order valence-electron chi connectivity index (χ2n) is 5.17. The van der Waals surface area contributed by atoms with Gasteiger partial charge in [0.2, 0.25) is 0 Å². The summed E-state index contributed by atoms with van der Waals surface area (Å²) in [6, 6.07) is -3.88. The zero-order chi connectivity index (χ0) is 22.9. The van der Waals surface area contributed by atoms with Crippen LogP contribution in [0.4, 0.5) is 0 Å². The lowest BCUT2D eigenvalue weighted by Gasteiger charge is -2.11. The Hall–Kier alpha value is -1.81. The average molecular weight is 430 g/mol. The third-order valence-corrected chi connectivity index (χ3v) is 3.18. The van der Waals surface area contributed by atoms with Crippen molar-refractivity contribution in [2.24, 2.45) is 22.9 Å². The Morgan fingerprint density at radius 3 is 1.50 bits per heavy atom. The van der Waals surface area contributed by atoms with Crippen LogP contribution in [0.2, 0.25) is 0 Å². The summed E-state index contributed by atoms with van der Waals surface area (Å²) in [6.45, 7) is 0.351. The van der Waals surface area contributed by atoms with Crippen molar-refractivity contribution in [3.63, 3.8) is 0 Å². The first-order chi connectivity index (χ1) is 12.8. The van der Waals surface area contributed by atoms with Gasteiger partial charge in [-0.2, -0.15) is 11.8 Å². The molecule has 0 rings (SSSR count). The van der Waals surface area contributed by atoms with Crippen molar-refractivity contribution in [2.75, 3.05) is 25.2 Å². The van der Waals surface area contributed by atoms with E-state index in [0.29, 0.717) is 12.2 Å². The normalized spacial score (nSPS) is 14.0. The second-order valence-corrected chi connectivity index (χ2v) is 6.16. The van der Waals surface area contributed by atoms with Crippen molar-refractivity contribution in [1.82, 2.24) is 0 Å². The van der Waals surface area contributed by atoms with Crippen molar-refractivity contribution >= 4 is 35.6 Å². The molecule has 0 aliphatic heterocycles. The summed E-state index contributed by atoms with van der Waals surface area (Å²) in [5.74, 6) is -3.20. The van der Waals surface area contributed by atoms with Crippen LogP contribution < -0.4 is 22.9 Å². The van der Waals surface area contributed by atoms with E-state index in [4.69, 9.17) is 43.4 Å². The number of carbonyl (C=O) groups is 4. The summed E-state index contributed by atoms with van der Waals surface area (Å²) < 4.78 is 4.36. The van der Waals surface area contributed by atoms with E-state index in [9.17, 15) is 19.2 Å². The number of carboxylic acids is 2. The number of rotatable bonds is 9. The minimum Gasteiger partial charge on any atom is -0.480 e. The fraction of sp³-hybridized carbons (Fsp3) is 0.714. The Kier molecular flexibility index (Phi) is 20.5. The van der Waals surface area contributed by atoms with Crippen LogP contribution in [0.15, 0.2) is 0 Å². The first kappa shape index (κ1) is 30.9. The number of aliphatic hydroxyl groups excluding tert-OH is 2. The molecule has 0 saturated carbocycles. The Labute approximate surface area is 166 Å². The number of nitrogens with two attached hydrogens (primary N) is 4. The number of hydrogen-bond donors (Lipinski definition) is 8. The first-order valence-corrected chi connectivity index (χ1v) is 9.19. The molecule has 0 aromatic heterocycles. The Morgan fingerprint density at radius 1 is 0.857 bits per heavy atom. The molecule has 0 radical (unpaired) electrons. The van der Waals surface area contributed by atoms with Gasteiger partial charge in [0.25, 0.3) is 0 Å². The molecule has 0 fully saturated rings. The van der Waals surface area contributed by atoms with E-state index in [1.807, 2.05) is 6.26 Å². The summed E-state index contributed by atoms with van der Waals surface area (Å²) >= 11 is 1.54. The molecule has 14 heteroatoms. The van der Waals surface area contributed by atoms with Crippen LogP contribution in [0, 0.1) is 0 Å². The number of aliphatic hydroxyl groups is 2. The number of carbonyl (C=O) groups excluding carboxylic acids is 2. The maximum Gasteiger partial charge on any atom is 0.332 e. The van der Waals surface area contributed by atoms with Gasteiger partial charge in [-0.25, -0.2) is 9.59 Å². The summed E-state index contributed by atoms with van der Waals surface area (Å²) in [4.78, 5) is 41.4. The predicted octanol–water partition coefficient (Wildman–Crippen LogP) is -3.73. The number of aliphatic carboxylic acids is 2. The lowest BCUT2D eigenvalue weighted by atomic mass is 10.2. The highest BCUT2D eigenvalue weighted by atomic mass is 32.2. The number of hydrogen-bond acceptors (Lipinski definition) is 12. The molecule has 0 aliphatic carbocycles. The molecule has 12 N–H and O–H groups in total. The topological polar surface area (TPSA) is 263 Å². The molecular weight excluding hydrogens is 400 g/mol. The van der Waals surface area contributed by atoms with Crippen LogP contribution in [-0.4, -0.2) is 93.7 Å². The zero-order valence-electron chi connectivity index (χ0n) is 15.7. The summed E-state index contributed by atoms with van der Waals surface area (Å²) in [6.07, 6.45) is 2.31. The minimum absolute atomic E-state index is 0.432. The van der Waals surface area contributed by atoms with Crippen molar-refractivity contribution in [3.8, 4) is 0 Å². The molecule has 0 bridgehead atoms. The van der Waals surface area contributed by atoms with Gasteiger partial charge in [0, 0.05) is 0 Å². The smallest absolute Gasteiger partial charge is 0.332 e. The highest BCUT2D eigenvalue weighted by Gasteiger charge is 2.22. The van der Waals surface area contributed by atoms with Gasteiger partial charge in [0.05, 0.1) is 13.2 Å². The van der Waals surface area contributed by atoms with E-state index < -0.39 is 61.3 Å². The number of esters is 2. The summed E-state index contributed by atoms with van der Waals surface area (Å²) in [7, 11) is 0. The van der Waals surface area contributed by atoms with E-state index in [1.165, 1.54) is 18.7 Å². The standard InChI is InChI=1S/C8H16N2O4S.C3H7NO3.C3H7NO2/c1-15-3-2-5(9)7(12)14-8(13)6(10)4-11;4-2(1-5)3(6)7;1-2(4)3(5)6/h5-6,11H,2-4,9-10H2,1H3;2,5H,1,4H2,(H,6,7);2H,4H2,1H3,(H,5,6)/t5-,6-;2*2-/m000/s1. The third-order valence-electron chi connectivity index (χ3n) is 2.54. The molecule has 28 heavy (non-hydrogen) atoms. The van der Waals surface area contributed by atoms with Crippen molar-refractivity contribution in [1.29, 1.82) is 0 Å². The largest absolute Gasteiger partial charge is 0.480 e. The van der Waals surface area contributed by atoms with E-state index in [2.05, 4.69) is 4.74 Å². The SMILES string of the molecule is CSCC[C@H](N)C(=O)OC(=O)[C@@H](N)CO.C[C@H](N)C(=O)O.N[C@@H](CO)C(=O)O. The van der Waals surface area contributed by atoms with Gasteiger partial charge < -0.3 is 48.1 Å². The monoisotopic (exact) mass is 430 g/mol. The molecule has 0 amide bonds. The van der Waals surface area contributed by atoms with Crippen LogP contribution in [0.3, 0.4) is 0 Å². The molecule has 0 aliphatic rings. The van der Waals surface area contributed by atoms with E-state index >= 15 is 0 Å². The summed E-state index contributed by atoms with van der Waals surface area (Å²) in [5, 5.41) is 32.3. The first-order valence-electron chi connectivity index (χ1n) is 7.79. The van der Waals surface area contributed by atoms with Gasteiger partial charge in [0.1, 0.15) is 24.2 Å². The lowest BCUT2D eigenvalue weighted by Crippen LogP contribution is -2.41. The highest BCUT2D eigenvalue weighted by Crippen LogP contribution is 2.00. The van der Waals surface area contributed by atoms with E-state index in [-0.39, 0.29) is 0 Å². The molecular formula is C14H30N4O9S. The Bertz CT molecular complexity index is 480. The van der Waals surface area contributed by atoms with Crippen molar-refractivity contribution < 1.29 is 44.3 Å². The second kappa shape index (κ2) is 18.5. The van der Waals surface area contributed by atoms with E-state index in [0.717, 1.165) is 0 Å². The van der Waals surface area contributed by atoms with Crippen LogP contribution in [0.1, 0.15) is 13.3 Å². The molecule has 13 nitrogen and oxygen atoms in total. The molecule has 0 unspecified atom stereocenters. The minimum atomic E-state index is -1.19. The van der Waals surface area contributed by atoms with Crippen LogP contribution >= 0.6 is 11.8 Å². The molecule has 0 aromatic rings. The van der Waals surface area contributed by atoms with Gasteiger partial charge in [-0.05, 0) is 25.4 Å². The Balaban J connectivity index is -0.000000397. The highest BCUT2D eigenvalue weighted by molar-refractivity contribution is 7.98. The lowest BCUT2D eigenvalue weighted by molar-refractivity contribution is -0.162. The molecule has 4 atom stereocenters. The molecule has 0 saturated heterocycles. The van der Waals surface area contributed by atoms with Crippen LogP contribution in [0.25, 0.3) is 0 Å². The Morgan fingerprint density at radius 2 is 1.25 bits per heavy atom. The van der Waals surface area contributed by atoms with Gasteiger partial charge in [-0.15, -0.1) is 0 Å². The number of thioether (sulfide) groups is 1. The van der Waals surface area contributed by atoms with Gasteiger partial charge in [-0.3, -0.25) is 9.59 Å². The summed E-state index contributed by atoms with van der Waals surface area (Å²) in [5.41, 5.74) is 20.2. The predicted molar refractivity (Wildman–Crippen MR) is 101 cm³/mol. The third kappa shape index (κ3) is 19.0. The molecule has 166 valence electrons. The van der Waals surface area contributed by atoms with Crippen LogP contribution in [0.5, 0.6) is 0 Å². The molecule has 0 spiro atoms. The van der Waals surface area contributed by atoms with Crippen molar-refractivity contribution in [2.45, 2.75) is 37.5 Å². The number of carboxylic acid groups (broad SMARTS) is 2. The molecule has 0 aromatic carbocycles. The van der Waals surface area contributed by atoms with Gasteiger partial charge in [-0.1, -0.05) is 0 Å². The maximum absolute atomic E-state index is 11.2. The van der Waals surface area contributed by atoms with Gasteiger partial charge >= 0.3 is 23.9 Å². The maximum atomic E-state index is 11.2. The zero-order valence-corrected chi connectivity index (χ0v) is 16.5. The van der Waals surface area contributed by atoms with E-state index in [1.54, 1.807) is 0 Å². The number of ether oxygens (including phenoxy) is 1. The van der Waals surface area contributed by atoms with Crippen molar-refractivity contribution in [3.05, 3.63) is 0 Å². The van der Waals surface area contributed by atoms with Gasteiger partial charge in [0.15, 0.2) is 0 Å². The van der Waals surface area contributed by atoms with Crippen LogP contribution in [-0.2, 0) is 23.9 Å². The fourth-order valence-electron chi connectivity index (χ4n) is 0.766. The quantitative estimate of drug-likeness (QED) is 0.129. The molecule has 0 heterocycles. The average Bonchev–Trinajstić information content (AvgIpc) is 2.65.